The second-order valence-electron chi connectivity index (χ2n) is 7.26. The van der Waals surface area contributed by atoms with Gasteiger partial charge in [0.25, 0.3) is 0 Å². The summed E-state index contributed by atoms with van der Waals surface area (Å²) in [4.78, 5) is 11.8. The molecule has 0 heterocycles. The van der Waals surface area contributed by atoms with Gasteiger partial charge >= 0.3 is 5.97 Å². The number of carbonyl (C=O) groups is 1. The highest BCUT2D eigenvalue weighted by molar-refractivity contribution is 9.11. The topological polar surface area (TPSA) is 37.3 Å². The third kappa shape index (κ3) is 1.93. The van der Waals surface area contributed by atoms with Gasteiger partial charge in [-0.25, -0.2) is 0 Å². The molecule has 110 valence electrons. The zero-order valence-corrected chi connectivity index (χ0v) is 13.9. The lowest BCUT2D eigenvalue weighted by Gasteiger charge is -2.56. The van der Waals surface area contributed by atoms with Crippen LogP contribution >= 0.6 is 15.9 Å². The summed E-state index contributed by atoms with van der Waals surface area (Å²) >= 11 is 3.63. The van der Waals surface area contributed by atoms with E-state index in [-0.39, 0.29) is 11.3 Å². The molecule has 3 aliphatic carbocycles. The summed E-state index contributed by atoms with van der Waals surface area (Å²) < 4.78 is 1.29. The maximum atomic E-state index is 11.8. The molecule has 4 atom stereocenters. The van der Waals surface area contributed by atoms with E-state index in [0.29, 0.717) is 5.92 Å². The summed E-state index contributed by atoms with van der Waals surface area (Å²) in [5.74, 6) is 0.222. The highest BCUT2D eigenvalue weighted by atomic mass is 79.9. The molecule has 3 aliphatic rings. The van der Waals surface area contributed by atoms with Crippen LogP contribution in [0.5, 0.6) is 0 Å². The maximum Gasteiger partial charge on any atom is 0.309 e. The van der Waals surface area contributed by atoms with E-state index in [1.165, 1.54) is 16.5 Å². The molecule has 1 fully saturated rings. The third-order valence-electron chi connectivity index (χ3n) is 6.25. The van der Waals surface area contributed by atoms with Gasteiger partial charge in [-0.05, 0) is 72.4 Å². The van der Waals surface area contributed by atoms with Crippen molar-refractivity contribution in [2.24, 2.45) is 22.7 Å². The lowest BCUT2D eigenvalue weighted by molar-refractivity contribution is -0.162. The van der Waals surface area contributed by atoms with Crippen molar-refractivity contribution in [3.63, 3.8) is 0 Å². The van der Waals surface area contributed by atoms with E-state index in [0.717, 1.165) is 32.1 Å². The molecule has 0 aromatic carbocycles. The van der Waals surface area contributed by atoms with E-state index in [1.807, 2.05) is 6.92 Å². The van der Waals surface area contributed by atoms with Crippen LogP contribution in [-0.4, -0.2) is 11.1 Å². The molecule has 1 unspecified atom stereocenters. The molecule has 0 aliphatic heterocycles. The van der Waals surface area contributed by atoms with Gasteiger partial charge in [-0.1, -0.05) is 35.4 Å². The highest BCUT2D eigenvalue weighted by Gasteiger charge is 2.57. The Morgan fingerprint density at radius 2 is 2.15 bits per heavy atom. The van der Waals surface area contributed by atoms with Crippen molar-refractivity contribution in [1.82, 2.24) is 0 Å². The fourth-order valence-electron chi connectivity index (χ4n) is 5.08. The third-order valence-corrected chi connectivity index (χ3v) is 6.87. The number of aliphatic carboxylic acids is 1. The molecular formula is C17H23BrO2. The number of halogens is 1. The number of rotatable bonds is 1. The van der Waals surface area contributed by atoms with Crippen LogP contribution in [0.4, 0.5) is 0 Å². The molecule has 0 amide bonds. The molecule has 1 saturated carbocycles. The van der Waals surface area contributed by atoms with Crippen molar-refractivity contribution in [3.05, 3.63) is 22.2 Å². The van der Waals surface area contributed by atoms with Gasteiger partial charge in [-0.2, -0.15) is 0 Å². The molecule has 3 heteroatoms. The number of hydrogen-bond acceptors (Lipinski definition) is 1. The predicted octanol–water partition coefficient (Wildman–Crippen LogP) is 4.90. The number of allylic oxidation sites excluding steroid dienone is 4. The fraction of sp³-hybridized carbons (Fsp3) is 0.706. The minimum absolute atomic E-state index is 0.152. The van der Waals surface area contributed by atoms with E-state index in [4.69, 9.17) is 0 Å². The van der Waals surface area contributed by atoms with Gasteiger partial charge in [0, 0.05) is 0 Å². The summed E-state index contributed by atoms with van der Waals surface area (Å²) in [6.07, 6.45) is 10.8. The second kappa shape index (κ2) is 4.72. The van der Waals surface area contributed by atoms with Crippen LogP contribution in [0.3, 0.4) is 0 Å². The van der Waals surface area contributed by atoms with Gasteiger partial charge in [0.15, 0.2) is 0 Å². The van der Waals surface area contributed by atoms with Crippen molar-refractivity contribution in [1.29, 1.82) is 0 Å². The van der Waals surface area contributed by atoms with Crippen molar-refractivity contribution >= 4 is 21.9 Å². The average Bonchev–Trinajstić information content (AvgIpc) is 2.37. The first kappa shape index (κ1) is 14.4. The van der Waals surface area contributed by atoms with Gasteiger partial charge in [0.2, 0.25) is 0 Å². The van der Waals surface area contributed by atoms with Crippen LogP contribution in [0.15, 0.2) is 22.2 Å². The Balaban J connectivity index is 2.04. The number of carboxylic acid groups (broad SMARTS) is 1. The van der Waals surface area contributed by atoms with Gasteiger partial charge in [-0.15, -0.1) is 0 Å². The van der Waals surface area contributed by atoms with Crippen LogP contribution < -0.4 is 0 Å². The van der Waals surface area contributed by atoms with E-state index in [1.54, 1.807) is 0 Å². The molecule has 0 aromatic rings. The van der Waals surface area contributed by atoms with Crippen LogP contribution in [0.2, 0.25) is 0 Å². The zero-order valence-electron chi connectivity index (χ0n) is 12.3. The molecule has 0 aromatic heterocycles. The summed E-state index contributed by atoms with van der Waals surface area (Å²) in [5, 5.41) is 9.75. The Morgan fingerprint density at radius 3 is 2.85 bits per heavy atom. The Morgan fingerprint density at radius 1 is 1.40 bits per heavy atom. The minimum Gasteiger partial charge on any atom is -0.481 e. The van der Waals surface area contributed by atoms with Crippen molar-refractivity contribution < 1.29 is 9.90 Å². The molecule has 0 saturated heterocycles. The van der Waals surface area contributed by atoms with Gasteiger partial charge in [0.1, 0.15) is 0 Å². The first-order valence-corrected chi connectivity index (χ1v) is 8.47. The van der Waals surface area contributed by atoms with Crippen molar-refractivity contribution in [3.8, 4) is 0 Å². The van der Waals surface area contributed by atoms with Gasteiger partial charge in [0.05, 0.1) is 5.41 Å². The number of fused-ring (bicyclic) bond motifs is 3. The number of carboxylic acids is 1. The molecule has 20 heavy (non-hydrogen) atoms. The molecule has 3 rings (SSSR count). The SMILES string of the molecule is C[C@@]1(C(=O)O)CCC[C@@]2(C)C1CC=C1C=C(Br)CC[C@@H]12. The maximum absolute atomic E-state index is 11.8. The monoisotopic (exact) mass is 338 g/mol. The van der Waals surface area contributed by atoms with Crippen molar-refractivity contribution in [2.75, 3.05) is 0 Å². The van der Waals surface area contributed by atoms with E-state index >= 15 is 0 Å². The van der Waals surface area contributed by atoms with E-state index in [9.17, 15) is 9.90 Å². The molecule has 2 nitrogen and oxygen atoms in total. The standard InChI is InChI=1S/C17H23BrO2/c1-16-8-3-9-17(2,15(19)20)14(16)7-4-11-10-12(18)5-6-13(11)16/h4,10,13-14H,3,5-9H2,1-2H3,(H,19,20)/t13-,14?,16+,17+/m0/s1. The largest absolute Gasteiger partial charge is 0.481 e. The van der Waals surface area contributed by atoms with Crippen LogP contribution in [0, 0.1) is 22.7 Å². The van der Waals surface area contributed by atoms with E-state index in [2.05, 4.69) is 35.0 Å². The lowest BCUT2D eigenvalue weighted by atomic mass is 9.47. The molecule has 0 bridgehead atoms. The molecular weight excluding hydrogens is 316 g/mol. The quantitative estimate of drug-likeness (QED) is 0.737. The minimum atomic E-state index is -0.599. The molecule has 0 radical (unpaired) electrons. The predicted molar refractivity (Wildman–Crippen MR) is 83.6 cm³/mol. The lowest BCUT2D eigenvalue weighted by Crippen LogP contribution is -2.52. The summed E-state index contributed by atoms with van der Waals surface area (Å²) in [6.45, 7) is 4.33. The Labute approximate surface area is 129 Å². The van der Waals surface area contributed by atoms with Crippen LogP contribution in [0.1, 0.15) is 52.4 Å². The Bertz CT molecular complexity index is 507. The zero-order chi connectivity index (χ0) is 14.5. The van der Waals surface area contributed by atoms with Crippen LogP contribution in [0.25, 0.3) is 0 Å². The first-order chi connectivity index (χ1) is 9.38. The average molecular weight is 339 g/mol. The smallest absolute Gasteiger partial charge is 0.309 e. The number of hydrogen-bond donors (Lipinski definition) is 1. The fourth-order valence-corrected chi connectivity index (χ4v) is 5.58. The Hall–Kier alpha value is -0.570. The summed E-state index contributed by atoms with van der Waals surface area (Å²) in [7, 11) is 0. The molecule has 1 N–H and O–H groups in total. The van der Waals surface area contributed by atoms with Gasteiger partial charge < -0.3 is 5.11 Å². The van der Waals surface area contributed by atoms with Crippen LogP contribution in [-0.2, 0) is 4.79 Å². The van der Waals surface area contributed by atoms with Gasteiger partial charge in [-0.3, -0.25) is 4.79 Å². The summed E-state index contributed by atoms with van der Waals surface area (Å²) in [5.41, 5.74) is 1.05. The summed E-state index contributed by atoms with van der Waals surface area (Å²) in [6, 6.07) is 0. The highest BCUT2D eigenvalue weighted by Crippen LogP contribution is 2.62. The van der Waals surface area contributed by atoms with E-state index < -0.39 is 11.4 Å². The molecule has 0 spiro atoms. The normalized spacial score (nSPS) is 44.0. The Kier molecular flexibility index (Phi) is 3.39. The van der Waals surface area contributed by atoms with Crippen molar-refractivity contribution in [2.45, 2.75) is 52.4 Å². The second-order valence-corrected chi connectivity index (χ2v) is 8.28. The first-order valence-electron chi connectivity index (χ1n) is 7.67.